The van der Waals surface area contributed by atoms with E-state index in [0.29, 0.717) is 55.3 Å². The Labute approximate surface area is 429 Å². The number of thiocarbonyl (C=S) groups is 2. The molecule has 0 radical (unpaired) electrons. The van der Waals surface area contributed by atoms with E-state index in [-0.39, 0.29) is 59.5 Å². The van der Waals surface area contributed by atoms with Crippen LogP contribution >= 0.6 is 48.0 Å². The van der Waals surface area contributed by atoms with Crippen molar-refractivity contribution in [2.45, 2.75) is 139 Å². The Hall–Kier alpha value is -3.36. The Kier molecular flexibility index (Phi) is 19.4. The van der Waals surface area contributed by atoms with Crippen LogP contribution in [0, 0.1) is 16.7 Å². The van der Waals surface area contributed by atoms with Gasteiger partial charge in [-0.3, -0.25) is 19.2 Å². The molecule has 4 saturated heterocycles. The molecule has 4 fully saturated rings. The highest BCUT2D eigenvalue weighted by Gasteiger charge is 2.56. The van der Waals surface area contributed by atoms with E-state index >= 15 is 0 Å². The van der Waals surface area contributed by atoms with Crippen molar-refractivity contribution in [3.05, 3.63) is 71.8 Å². The summed E-state index contributed by atoms with van der Waals surface area (Å²) in [7, 11) is 3.67. The third-order valence-corrected chi connectivity index (χ3v) is 17.9. The van der Waals surface area contributed by atoms with Crippen LogP contribution in [0.3, 0.4) is 0 Å². The lowest BCUT2D eigenvalue weighted by molar-refractivity contribution is -0.142. The Balaban J connectivity index is 1.02. The van der Waals surface area contributed by atoms with Crippen molar-refractivity contribution in [3.8, 4) is 0 Å². The first-order chi connectivity index (χ1) is 32.8. The number of rotatable bonds is 22. The fraction of sp³-hybridized carbons (Fsp3) is 0.647. The number of carbonyl (C=O) groups excluding carboxylic acids is 4. The topological polar surface area (TPSA) is 179 Å². The van der Waals surface area contributed by atoms with E-state index in [4.69, 9.17) is 39.6 Å². The Morgan fingerprint density at radius 2 is 1.32 bits per heavy atom. The summed E-state index contributed by atoms with van der Waals surface area (Å²) in [6, 6.07) is 16.8. The van der Waals surface area contributed by atoms with Crippen molar-refractivity contribution in [2.24, 2.45) is 22.5 Å². The highest BCUT2D eigenvalue weighted by atomic mass is 32.2. The average Bonchev–Trinajstić information content (AvgIpc) is 3.64. The van der Waals surface area contributed by atoms with Crippen LogP contribution in [0.5, 0.6) is 0 Å². The summed E-state index contributed by atoms with van der Waals surface area (Å²) in [6.07, 6.45) is 4.49. The second kappa shape index (κ2) is 24.4. The molecule has 0 aromatic heterocycles. The minimum atomic E-state index is -0.674. The molecule has 4 heterocycles. The first-order valence-corrected chi connectivity index (χ1v) is 27.4. The number of nitrogens with zero attached hydrogens (tertiary/aromatic N) is 2. The van der Waals surface area contributed by atoms with E-state index in [1.807, 2.05) is 98.4 Å². The number of nitrogens with two attached hydrogens (primary N) is 1. The molecule has 7 N–H and O–H groups in total. The van der Waals surface area contributed by atoms with Gasteiger partial charge in [0.2, 0.25) is 23.6 Å². The van der Waals surface area contributed by atoms with Crippen molar-refractivity contribution < 1.29 is 28.7 Å². The van der Waals surface area contributed by atoms with Crippen molar-refractivity contribution in [3.63, 3.8) is 0 Å². The highest BCUT2D eigenvalue weighted by Crippen LogP contribution is 2.48. The summed E-state index contributed by atoms with van der Waals surface area (Å²) < 4.78 is 12.5. The number of thioether (sulfide) groups is 2. The molecule has 6 rings (SSSR count). The fourth-order valence-electron chi connectivity index (χ4n) is 10.1. The molecular weight excluding hydrogens is 949 g/mol. The van der Waals surface area contributed by atoms with Gasteiger partial charge in [0, 0.05) is 19.6 Å². The van der Waals surface area contributed by atoms with Gasteiger partial charge in [-0.1, -0.05) is 113 Å². The maximum absolute atomic E-state index is 14.5. The quantitative estimate of drug-likeness (QED) is 0.0611. The van der Waals surface area contributed by atoms with Crippen LogP contribution in [0.2, 0.25) is 0 Å². The van der Waals surface area contributed by atoms with Gasteiger partial charge in [-0.25, -0.2) is 0 Å². The lowest BCUT2D eigenvalue weighted by atomic mass is 9.83. The van der Waals surface area contributed by atoms with Crippen LogP contribution in [0.4, 0.5) is 0 Å². The lowest BCUT2D eigenvalue weighted by Crippen LogP contribution is -2.59. The summed E-state index contributed by atoms with van der Waals surface area (Å²) in [5.41, 5.74) is 6.43. The Morgan fingerprint density at radius 3 is 1.81 bits per heavy atom. The average molecular weight is 1030 g/mol. The molecular formula is C51H76N8O6S4. The number of nitrogens with one attached hydrogen (secondary N) is 5. The van der Waals surface area contributed by atoms with E-state index in [2.05, 4.69) is 54.3 Å². The molecule has 4 amide bonds. The molecule has 0 saturated carbocycles. The first-order valence-electron chi connectivity index (χ1n) is 24.5. The molecule has 2 aromatic rings. The van der Waals surface area contributed by atoms with E-state index < -0.39 is 46.6 Å². The lowest BCUT2D eigenvalue weighted by Gasteiger charge is -2.36. The number of ether oxygens (including phenoxy) is 2. The minimum Gasteiger partial charge on any atom is -0.392 e. The number of unbranched alkanes of at least 4 members (excludes halogenated alkanes) is 1. The maximum atomic E-state index is 14.5. The second-order valence-corrected chi connectivity index (χ2v) is 24.3. The van der Waals surface area contributed by atoms with Crippen LogP contribution in [0.1, 0.15) is 110 Å². The van der Waals surface area contributed by atoms with Crippen LogP contribution < -0.4 is 32.3 Å². The third kappa shape index (κ3) is 13.8. The number of hydrogen-bond donors (Lipinski definition) is 6. The van der Waals surface area contributed by atoms with Gasteiger partial charge in [0.15, 0.2) is 0 Å². The number of carbonyl (C=O) groups is 4. The third-order valence-electron chi connectivity index (χ3n) is 14.3. The van der Waals surface area contributed by atoms with Crippen molar-refractivity contribution in [1.82, 2.24) is 36.4 Å². The van der Waals surface area contributed by atoms with Gasteiger partial charge in [0.05, 0.1) is 57.6 Å². The fourth-order valence-corrected chi connectivity index (χ4v) is 13.8. The molecule has 18 heteroatoms. The molecule has 69 heavy (non-hydrogen) atoms. The minimum absolute atomic E-state index is 0.0115. The standard InChI is InChI=1S/C51H76N8O6S4/c1-49(2)27-40-58(39(60)26-32(31-69-40)25-36(53-7)44(52)66)42(49)45(61)55-37(33-17-11-9-12-18-33)29-64-22-15-16-23-65-30-38(34-19-13-10-14-20-34)56-46(62)43-50(3,4)28-41-59(43)47(63)35(21-24-68-41)57-48(67)51(5,6)54-8/h9-14,17-20,32,35-38,40-43,53-54H,15-16,21-31H2,1-8H3,(H2,52,66)(H,55,61)(H,56,62)(H,57,67)/t32?,35-,36-,37+,38+,40-,41-,42+,43+/m0/s1. The zero-order valence-corrected chi connectivity index (χ0v) is 45.0. The van der Waals surface area contributed by atoms with Gasteiger partial charge in [-0.05, 0) is 106 Å². The predicted molar refractivity (Wildman–Crippen MR) is 286 cm³/mol. The summed E-state index contributed by atoms with van der Waals surface area (Å²) in [5.74, 6) is 1.17. The molecule has 9 atom stereocenters. The van der Waals surface area contributed by atoms with Gasteiger partial charge in [-0.15, -0.1) is 23.5 Å². The van der Waals surface area contributed by atoms with E-state index in [1.165, 1.54) is 0 Å². The van der Waals surface area contributed by atoms with Crippen LogP contribution in [0.15, 0.2) is 60.7 Å². The normalized spacial score (nSPS) is 25.6. The monoisotopic (exact) mass is 1020 g/mol. The molecule has 0 aliphatic carbocycles. The SMILES string of the molecule is CN[C@@H](CC1CS[C@H]2CC(C)(C)[C@@H](C(=O)N[C@H](COCCCCOC[C@@H](NC(=O)[C@H]3N4C(=O)[C@@H](NC(=S)C(C)(C)NC)CCS[C@H]4CC3(C)C)c3ccccc3)c3ccccc3)N2C(=O)C1)C(N)=S. The van der Waals surface area contributed by atoms with Gasteiger partial charge in [0.1, 0.15) is 18.1 Å². The number of hydrogen-bond acceptors (Lipinski definition) is 12. The maximum Gasteiger partial charge on any atom is 0.246 e. The Bertz CT molecular complexity index is 2100. The Morgan fingerprint density at radius 1 is 0.812 bits per heavy atom. The zero-order valence-electron chi connectivity index (χ0n) is 41.7. The van der Waals surface area contributed by atoms with Crippen LogP contribution in [-0.4, -0.2) is 136 Å². The summed E-state index contributed by atoms with van der Waals surface area (Å²) in [6.45, 7) is 13.7. The zero-order chi connectivity index (χ0) is 50.1. The van der Waals surface area contributed by atoms with Crippen molar-refractivity contribution in [2.75, 3.05) is 52.0 Å². The molecule has 0 bridgehead atoms. The number of likely N-dealkylation sites (N-methyl/N-ethyl adjacent to an activating group) is 2. The molecule has 4 aliphatic rings. The molecule has 0 spiro atoms. The molecule has 1 unspecified atom stereocenters. The first kappa shape index (κ1) is 55.0. The number of fused-ring (bicyclic) bond motifs is 2. The predicted octanol–water partition coefficient (Wildman–Crippen LogP) is 5.86. The van der Waals surface area contributed by atoms with E-state index in [0.717, 1.165) is 35.5 Å². The second-order valence-electron chi connectivity index (χ2n) is 20.9. The van der Waals surface area contributed by atoms with Gasteiger partial charge in [-0.2, -0.15) is 0 Å². The van der Waals surface area contributed by atoms with Crippen molar-refractivity contribution >= 4 is 81.6 Å². The van der Waals surface area contributed by atoms with Crippen LogP contribution in [0.25, 0.3) is 0 Å². The largest absolute Gasteiger partial charge is 0.392 e. The van der Waals surface area contributed by atoms with Gasteiger partial charge < -0.3 is 51.6 Å². The highest BCUT2D eigenvalue weighted by molar-refractivity contribution is 8.00. The summed E-state index contributed by atoms with van der Waals surface area (Å²) in [4.78, 5) is 61.8. The molecule has 2 aromatic carbocycles. The van der Waals surface area contributed by atoms with E-state index in [1.54, 1.807) is 23.5 Å². The smallest absolute Gasteiger partial charge is 0.246 e. The molecule has 380 valence electrons. The summed E-state index contributed by atoms with van der Waals surface area (Å²) >= 11 is 14.5. The summed E-state index contributed by atoms with van der Waals surface area (Å²) in [5, 5.41) is 16.1. The van der Waals surface area contributed by atoms with Crippen molar-refractivity contribution in [1.29, 1.82) is 0 Å². The van der Waals surface area contributed by atoms with Gasteiger partial charge in [0.25, 0.3) is 0 Å². The van der Waals surface area contributed by atoms with Crippen LogP contribution in [-0.2, 0) is 28.7 Å². The van der Waals surface area contributed by atoms with Gasteiger partial charge >= 0.3 is 0 Å². The molecule has 4 aliphatic heterocycles. The van der Waals surface area contributed by atoms with E-state index in [9.17, 15) is 19.2 Å². The number of benzene rings is 2. The number of amides is 4. The molecule has 14 nitrogen and oxygen atoms in total.